The number of nitrogens with one attached hydrogen (secondary N) is 1. The zero-order valence-electron chi connectivity index (χ0n) is 23.5. The largest absolute Gasteiger partial charge is 0.357 e. The number of anilines is 1. The molecule has 0 spiro atoms. The number of hydrogen-bond donors (Lipinski definition) is 1. The van der Waals surface area contributed by atoms with Crippen molar-refractivity contribution in [1.82, 2.24) is 10.2 Å². The molecule has 0 aliphatic rings. The first-order valence-electron chi connectivity index (χ1n) is 13.3. The van der Waals surface area contributed by atoms with E-state index in [-0.39, 0.29) is 23.5 Å². The predicted molar refractivity (Wildman–Crippen MR) is 172 cm³/mol. The number of amides is 2. The molecule has 0 saturated heterocycles. The first kappa shape index (κ1) is 32.4. The summed E-state index contributed by atoms with van der Waals surface area (Å²) in [5.74, 6) is -1.05. The quantitative estimate of drug-likeness (QED) is 0.198. The van der Waals surface area contributed by atoms with E-state index in [1.807, 2.05) is 37.3 Å². The highest BCUT2D eigenvalue weighted by atomic mass is 35.5. The number of benzene rings is 4. The Labute approximate surface area is 267 Å². The SMILES string of the molecule is CNC(=O)[C@H](Cc1ccccc1)N(Cc1c(Cl)cccc1Cl)C(=O)CN(c1ccc(C)cc1)S(=O)(=O)c1ccc(Cl)cc1. The van der Waals surface area contributed by atoms with Crippen LogP contribution in [0.15, 0.2) is 102 Å². The van der Waals surface area contributed by atoms with Crippen LogP contribution in [0.1, 0.15) is 16.7 Å². The number of halogens is 3. The fourth-order valence-electron chi connectivity index (χ4n) is 4.55. The standard InChI is InChI=1S/C32H30Cl3N3O4S/c1-22-11-15-25(16-12-22)38(43(41,42)26-17-13-24(33)14-18-26)21-31(39)37(20-27-28(34)9-6-10-29(27)35)30(32(40)36-2)19-23-7-4-3-5-8-23/h3-18,30H,19-21H2,1-2H3,(H,36,40)/t30-/m0/s1. The minimum Gasteiger partial charge on any atom is -0.357 e. The van der Waals surface area contributed by atoms with E-state index < -0.39 is 34.4 Å². The highest BCUT2D eigenvalue weighted by molar-refractivity contribution is 7.92. The number of aryl methyl sites for hydroxylation is 1. The Hall–Kier alpha value is -3.56. The molecule has 4 aromatic rings. The zero-order valence-corrected chi connectivity index (χ0v) is 26.6. The maximum atomic E-state index is 14.3. The molecule has 11 heteroatoms. The fraction of sp³-hybridized carbons (Fsp3) is 0.188. The molecule has 43 heavy (non-hydrogen) atoms. The molecule has 0 aliphatic heterocycles. The van der Waals surface area contributed by atoms with Crippen LogP contribution in [-0.4, -0.2) is 44.8 Å². The third kappa shape index (κ3) is 7.89. The van der Waals surface area contributed by atoms with Gasteiger partial charge in [0.25, 0.3) is 10.0 Å². The Morgan fingerprint density at radius 1 is 0.814 bits per heavy atom. The highest BCUT2D eigenvalue weighted by Gasteiger charge is 2.35. The minimum atomic E-state index is -4.24. The van der Waals surface area contributed by atoms with E-state index in [9.17, 15) is 18.0 Å². The lowest BCUT2D eigenvalue weighted by molar-refractivity contribution is -0.139. The van der Waals surface area contributed by atoms with Crippen molar-refractivity contribution in [3.05, 3.63) is 129 Å². The molecule has 224 valence electrons. The van der Waals surface area contributed by atoms with Crippen LogP contribution in [0.25, 0.3) is 0 Å². The molecule has 0 radical (unpaired) electrons. The van der Waals surface area contributed by atoms with Gasteiger partial charge in [0.05, 0.1) is 10.6 Å². The molecule has 0 aromatic heterocycles. The highest BCUT2D eigenvalue weighted by Crippen LogP contribution is 2.29. The lowest BCUT2D eigenvalue weighted by Crippen LogP contribution is -2.53. The summed E-state index contributed by atoms with van der Waals surface area (Å²) in [7, 11) is -2.76. The summed E-state index contributed by atoms with van der Waals surface area (Å²) >= 11 is 19.0. The van der Waals surface area contributed by atoms with Gasteiger partial charge in [-0.15, -0.1) is 0 Å². The molecular weight excluding hydrogens is 629 g/mol. The van der Waals surface area contributed by atoms with Crippen LogP contribution in [0.4, 0.5) is 5.69 Å². The normalized spacial score (nSPS) is 11.9. The molecule has 0 fully saturated rings. The van der Waals surface area contributed by atoms with E-state index in [4.69, 9.17) is 34.8 Å². The van der Waals surface area contributed by atoms with Crippen molar-refractivity contribution in [2.45, 2.75) is 30.8 Å². The summed E-state index contributed by atoms with van der Waals surface area (Å²) in [6.45, 7) is 1.14. The van der Waals surface area contributed by atoms with Crippen molar-refractivity contribution in [2.75, 3.05) is 17.9 Å². The summed E-state index contributed by atoms with van der Waals surface area (Å²) in [6, 6.07) is 25.7. The van der Waals surface area contributed by atoms with Gasteiger partial charge in [0.15, 0.2) is 0 Å². The number of rotatable bonds is 11. The van der Waals surface area contributed by atoms with E-state index in [1.165, 1.54) is 36.2 Å². The molecule has 4 aromatic carbocycles. The van der Waals surface area contributed by atoms with E-state index in [0.29, 0.717) is 20.6 Å². The van der Waals surface area contributed by atoms with Crippen LogP contribution in [0.2, 0.25) is 15.1 Å². The van der Waals surface area contributed by atoms with E-state index in [1.54, 1.807) is 42.5 Å². The summed E-state index contributed by atoms with van der Waals surface area (Å²) in [4.78, 5) is 29.0. The van der Waals surface area contributed by atoms with E-state index in [2.05, 4.69) is 5.32 Å². The smallest absolute Gasteiger partial charge is 0.264 e. The van der Waals surface area contributed by atoms with Crippen molar-refractivity contribution in [3.8, 4) is 0 Å². The molecule has 0 bridgehead atoms. The second-order valence-corrected chi connectivity index (χ2v) is 13.0. The Morgan fingerprint density at radius 2 is 1.42 bits per heavy atom. The molecule has 0 heterocycles. The summed E-state index contributed by atoms with van der Waals surface area (Å²) in [5, 5.41) is 3.63. The number of carbonyl (C=O) groups is 2. The van der Waals surface area contributed by atoms with Crippen LogP contribution in [-0.2, 0) is 32.6 Å². The average Bonchev–Trinajstić information content (AvgIpc) is 2.99. The molecule has 0 saturated carbocycles. The molecule has 2 amide bonds. The third-order valence-electron chi connectivity index (χ3n) is 6.91. The molecule has 1 atom stereocenters. The fourth-order valence-corrected chi connectivity index (χ4v) is 6.60. The van der Waals surface area contributed by atoms with Crippen molar-refractivity contribution in [1.29, 1.82) is 0 Å². The van der Waals surface area contributed by atoms with Gasteiger partial charge in [0.1, 0.15) is 12.6 Å². The lowest BCUT2D eigenvalue weighted by Gasteiger charge is -2.34. The van der Waals surface area contributed by atoms with Gasteiger partial charge in [-0.25, -0.2) is 8.42 Å². The van der Waals surface area contributed by atoms with Crippen molar-refractivity contribution in [2.24, 2.45) is 0 Å². The molecule has 4 rings (SSSR count). The Balaban J connectivity index is 1.81. The maximum Gasteiger partial charge on any atom is 0.264 e. The number of nitrogens with zero attached hydrogens (tertiary/aromatic N) is 2. The topological polar surface area (TPSA) is 86.8 Å². The number of hydrogen-bond acceptors (Lipinski definition) is 4. The third-order valence-corrected chi connectivity index (χ3v) is 9.66. The van der Waals surface area contributed by atoms with Crippen LogP contribution >= 0.6 is 34.8 Å². The number of sulfonamides is 1. The Bertz CT molecular complexity index is 1660. The molecule has 0 aliphatic carbocycles. The van der Waals surface area contributed by atoms with Crippen LogP contribution < -0.4 is 9.62 Å². The van der Waals surface area contributed by atoms with Gasteiger partial charge in [-0.2, -0.15) is 0 Å². The van der Waals surface area contributed by atoms with Gasteiger partial charge in [-0.1, -0.05) is 88.9 Å². The lowest BCUT2D eigenvalue weighted by atomic mass is 10.0. The molecular formula is C32H30Cl3N3O4S. The van der Waals surface area contributed by atoms with Crippen LogP contribution in [0.3, 0.4) is 0 Å². The van der Waals surface area contributed by atoms with Gasteiger partial charge in [0, 0.05) is 40.6 Å². The second-order valence-electron chi connectivity index (χ2n) is 9.84. The van der Waals surface area contributed by atoms with Crippen molar-refractivity contribution in [3.63, 3.8) is 0 Å². The molecule has 7 nitrogen and oxygen atoms in total. The van der Waals surface area contributed by atoms with Crippen LogP contribution in [0, 0.1) is 6.92 Å². The van der Waals surface area contributed by atoms with Gasteiger partial charge >= 0.3 is 0 Å². The molecule has 0 unspecified atom stereocenters. The monoisotopic (exact) mass is 657 g/mol. The van der Waals surface area contributed by atoms with Crippen molar-refractivity contribution >= 4 is 62.3 Å². The average molecular weight is 659 g/mol. The first-order chi connectivity index (χ1) is 20.5. The zero-order chi connectivity index (χ0) is 31.1. The summed E-state index contributed by atoms with van der Waals surface area (Å²) < 4.78 is 29.0. The van der Waals surface area contributed by atoms with Gasteiger partial charge in [-0.05, 0) is 61.0 Å². The summed E-state index contributed by atoms with van der Waals surface area (Å²) in [6.07, 6.45) is 0.169. The maximum absolute atomic E-state index is 14.3. The first-order valence-corrected chi connectivity index (χ1v) is 15.9. The van der Waals surface area contributed by atoms with Gasteiger partial charge < -0.3 is 10.2 Å². The summed E-state index contributed by atoms with van der Waals surface area (Å²) in [5.41, 5.74) is 2.44. The second kappa shape index (κ2) is 14.3. The minimum absolute atomic E-state index is 0.0434. The van der Waals surface area contributed by atoms with Crippen LogP contribution in [0.5, 0.6) is 0 Å². The van der Waals surface area contributed by atoms with Gasteiger partial charge in [-0.3, -0.25) is 13.9 Å². The Kier molecular flexibility index (Phi) is 10.7. The van der Waals surface area contributed by atoms with E-state index in [0.717, 1.165) is 15.4 Å². The van der Waals surface area contributed by atoms with E-state index >= 15 is 0 Å². The molecule has 1 N–H and O–H groups in total. The Morgan fingerprint density at radius 3 is 2.00 bits per heavy atom. The van der Waals surface area contributed by atoms with Gasteiger partial charge in [0.2, 0.25) is 11.8 Å². The number of likely N-dealkylation sites (N-methyl/N-ethyl adjacent to an activating group) is 1. The van der Waals surface area contributed by atoms with Crippen molar-refractivity contribution < 1.29 is 18.0 Å². The predicted octanol–water partition coefficient (Wildman–Crippen LogP) is 6.54. The number of carbonyl (C=O) groups excluding carboxylic acids is 2.